The predicted molar refractivity (Wildman–Crippen MR) is 162 cm³/mol. The Morgan fingerprint density at radius 2 is 1.86 bits per heavy atom. The van der Waals surface area contributed by atoms with Crippen LogP contribution in [-0.4, -0.2) is 47.7 Å². The van der Waals surface area contributed by atoms with Gasteiger partial charge < -0.3 is 20.5 Å². The van der Waals surface area contributed by atoms with E-state index >= 15 is 0 Å². The van der Waals surface area contributed by atoms with Crippen molar-refractivity contribution in [3.63, 3.8) is 0 Å². The van der Waals surface area contributed by atoms with Gasteiger partial charge in [-0.1, -0.05) is 6.92 Å². The fourth-order valence-electron chi connectivity index (χ4n) is 5.52. The summed E-state index contributed by atoms with van der Waals surface area (Å²) < 4.78 is 26.4. The number of nitrogens with zero attached hydrogens (tertiary/aromatic N) is 3. The number of fused-ring (bicyclic) bond motifs is 2. The number of halogens is 1. The van der Waals surface area contributed by atoms with Gasteiger partial charge in [0.05, 0.1) is 24.9 Å². The van der Waals surface area contributed by atoms with Crippen LogP contribution in [0.4, 0.5) is 4.39 Å². The first kappa shape index (κ1) is 30.0. The molecule has 226 valence electrons. The lowest BCUT2D eigenvalue weighted by Gasteiger charge is -2.18. The van der Waals surface area contributed by atoms with Gasteiger partial charge in [-0.3, -0.25) is 9.59 Å². The molecule has 2 atom stereocenters. The molecular formula is C33H38FN5O4. The van der Waals surface area contributed by atoms with Crippen LogP contribution in [0, 0.1) is 18.7 Å². The number of amides is 2. The molecule has 9 nitrogen and oxygen atoms in total. The number of aryl methyl sites for hydroxylation is 1. The minimum Gasteiger partial charge on any atom is -0.490 e. The average Bonchev–Trinajstić information content (AvgIpc) is 3.94. The molecule has 4 heterocycles. The Balaban J connectivity index is 0.000000173. The van der Waals surface area contributed by atoms with E-state index in [2.05, 4.69) is 48.2 Å². The molecule has 1 aromatic carbocycles. The number of carbonyl (C=O) groups excluding carboxylic acids is 2. The highest BCUT2D eigenvalue weighted by Gasteiger charge is 2.35. The summed E-state index contributed by atoms with van der Waals surface area (Å²) in [4.78, 5) is 24.2. The lowest BCUT2D eigenvalue weighted by molar-refractivity contribution is -0.109. The van der Waals surface area contributed by atoms with Crippen molar-refractivity contribution >= 4 is 18.3 Å². The Bertz CT molecular complexity index is 1580. The summed E-state index contributed by atoms with van der Waals surface area (Å²) in [6, 6.07) is 14.8. The van der Waals surface area contributed by atoms with Gasteiger partial charge in [0.2, 0.25) is 18.7 Å². The number of hydrogen-bond acceptors (Lipinski definition) is 6. The third-order valence-corrected chi connectivity index (χ3v) is 8.04. The van der Waals surface area contributed by atoms with Gasteiger partial charge >= 0.3 is 0 Å². The first-order chi connectivity index (χ1) is 20.9. The van der Waals surface area contributed by atoms with E-state index in [4.69, 9.17) is 19.3 Å². The second-order valence-corrected chi connectivity index (χ2v) is 11.4. The number of hydrogen-bond donors (Lipinski definition) is 2. The monoisotopic (exact) mass is 587 g/mol. The van der Waals surface area contributed by atoms with E-state index in [9.17, 15) is 9.18 Å². The van der Waals surface area contributed by atoms with Gasteiger partial charge in [0.1, 0.15) is 17.3 Å². The largest absolute Gasteiger partial charge is 0.490 e. The van der Waals surface area contributed by atoms with E-state index in [1.807, 2.05) is 10.6 Å². The molecule has 10 heteroatoms. The van der Waals surface area contributed by atoms with Gasteiger partial charge in [0, 0.05) is 47.2 Å². The number of aromatic nitrogens is 3. The van der Waals surface area contributed by atoms with Gasteiger partial charge in [0.15, 0.2) is 0 Å². The van der Waals surface area contributed by atoms with Crippen LogP contribution in [0.5, 0.6) is 11.6 Å². The minimum atomic E-state index is -0.267. The van der Waals surface area contributed by atoms with E-state index in [0.29, 0.717) is 30.9 Å². The maximum absolute atomic E-state index is 13.3. The fourth-order valence-corrected chi connectivity index (χ4v) is 5.52. The molecule has 0 spiro atoms. The van der Waals surface area contributed by atoms with Crippen molar-refractivity contribution in [3.05, 3.63) is 76.9 Å². The number of primary amides is 1. The van der Waals surface area contributed by atoms with Gasteiger partial charge in [-0.2, -0.15) is 5.10 Å². The van der Waals surface area contributed by atoms with Crippen LogP contribution in [0.15, 0.2) is 48.5 Å². The number of benzene rings is 1. The Hall–Kier alpha value is -4.47. The van der Waals surface area contributed by atoms with Gasteiger partial charge in [0.25, 0.3) is 0 Å². The van der Waals surface area contributed by atoms with Crippen molar-refractivity contribution < 1.29 is 23.5 Å². The maximum atomic E-state index is 13.3. The molecule has 0 saturated heterocycles. The molecule has 43 heavy (non-hydrogen) atoms. The third kappa shape index (κ3) is 6.96. The highest BCUT2D eigenvalue weighted by molar-refractivity contribution is 5.70. The van der Waals surface area contributed by atoms with Gasteiger partial charge in [-0.15, -0.1) is 0 Å². The van der Waals surface area contributed by atoms with E-state index in [-0.39, 0.29) is 18.1 Å². The summed E-state index contributed by atoms with van der Waals surface area (Å²) in [7, 11) is 1.69. The Labute approximate surface area is 250 Å². The zero-order valence-corrected chi connectivity index (χ0v) is 24.8. The molecule has 3 aromatic heterocycles. The van der Waals surface area contributed by atoms with Crippen LogP contribution in [0.3, 0.4) is 0 Å². The Morgan fingerprint density at radius 1 is 1.14 bits per heavy atom. The van der Waals surface area contributed by atoms with Crippen LogP contribution in [0.2, 0.25) is 0 Å². The van der Waals surface area contributed by atoms with Crippen molar-refractivity contribution in [1.82, 2.24) is 19.9 Å². The first-order valence-corrected chi connectivity index (χ1v) is 14.7. The summed E-state index contributed by atoms with van der Waals surface area (Å²) in [6.07, 6.45) is 5.90. The standard InChI is InChI=1S/C20H21FN2O2.C12H14N2O.CH3NO/c1-12-10-25-20-16(12)8-18(17(9-22-11-24)13-2-3-13)23-19(20)14-4-6-15(21)7-5-14;1-8-5-10-7-11(9-3-4-9)13-14(10)12(6-8)15-2;2-1-3/h4-8,11-13,17H,2-3,9-10H2,1H3,(H,22,24);5-7,9H,3-4H2,1-2H3;1H,(H2,2,3). The molecule has 2 saturated carbocycles. The van der Waals surface area contributed by atoms with Crippen molar-refractivity contribution in [2.24, 2.45) is 11.7 Å². The molecule has 2 unspecified atom stereocenters. The van der Waals surface area contributed by atoms with Crippen LogP contribution in [0.25, 0.3) is 16.8 Å². The second-order valence-electron chi connectivity index (χ2n) is 11.4. The number of rotatable bonds is 8. The Kier molecular flexibility index (Phi) is 9.23. The molecule has 2 amide bonds. The number of methoxy groups -OCH3 is 1. The fraction of sp³-hybridized carbons (Fsp3) is 0.394. The van der Waals surface area contributed by atoms with Crippen molar-refractivity contribution in [2.75, 3.05) is 20.3 Å². The summed E-state index contributed by atoms with van der Waals surface area (Å²) in [5.41, 5.74) is 11.5. The summed E-state index contributed by atoms with van der Waals surface area (Å²) in [5.74, 6) is 3.12. The molecule has 3 N–H and O–H groups in total. The van der Waals surface area contributed by atoms with Crippen molar-refractivity contribution in [2.45, 2.75) is 57.3 Å². The quantitative estimate of drug-likeness (QED) is 0.272. The lowest BCUT2D eigenvalue weighted by Crippen LogP contribution is -2.22. The number of nitrogens with two attached hydrogens (primary N) is 1. The zero-order valence-electron chi connectivity index (χ0n) is 24.8. The highest BCUT2D eigenvalue weighted by Crippen LogP contribution is 2.46. The maximum Gasteiger partial charge on any atom is 0.214 e. The number of carbonyl (C=O) groups is 2. The van der Waals surface area contributed by atoms with Crippen LogP contribution >= 0.6 is 0 Å². The summed E-state index contributed by atoms with van der Waals surface area (Å²) in [6.45, 7) is 5.44. The van der Waals surface area contributed by atoms with Crippen molar-refractivity contribution in [3.8, 4) is 22.9 Å². The summed E-state index contributed by atoms with van der Waals surface area (Å²) in [5, 5.41) is 7.39. The van der Waals surface area contributed by atoms with E-state index in [0.717, 1.165) is 46.1 Å². The van der Waals surface area contributed by atoms with E-state index in [1.165, 1.54) is 49.1 Å². The van der Waals surface area contributed by atoms with Crippen LogP contribution in [0.1, 0.15) is 72.9 Å². The van der Waals surface area contributed by atoms with Gasteiger partial charge in [-0.25, -0.2) is 13.9 Å². The normalized spacial score (nSPS) is 17.3. The number of ether oxygens (including phenoxy) is 2. The average molecular weight is 588 g/mol. The zero-order chi connectivity index (χ0) is 30.5. The smallest absolute Gasteiger partial charge is 0.214 e. The lowest BCUT2D eigenvalue weighted by atomic mass is 9.93. The number of pyridine rings is 2. The second kappa shape index (κ2) is 13.2. The molecule has 0 bridgehead atoms. The molecule has 3 aliphatic rings. The van der Waals surface area contributed by atoms with Crippen LogP contribution in [-0.2, 0) is 9.59 Å². The topological polar surface area (TPSA) is 121 Å². The first-order valence-electron chi connectivity index (χ1n) is 14.7. The van der Waals surface area contributed by atoms with Gasteiger partial charge in [-0.05, 0) is 86.6 Å². The molecular weight excluding hydrogens is 549 g/mol. The number of nitrogens with one attached hydrogen (secondary N) is 1. The molecule has 2 fully saturated rings. The summed E-state index contributed by atoms with van der Waals surface area (Å²) >= 11 is 0. The molecule has 4 aromatic rings. The van der Waals surface area contributed by atoms with E-state index < -0.39 is 0 Å². The third-order valence-electron chi connectivity index (χ3n) is 8.04. The SMILES string of the molecule is CC1COc2c1cc(C(CNC=O)C1CC1)nc2-c1ccc(F)cc1.COc1cc(C)cc2cc(C3CC3)nn12.NC=O. The Morgan fingerprint density at radius 3 is 2.49 bits per heavy atom. The molecule has 2 aliphatic carbocycles. The van der Waals surface area contributed by atoms with Crippen LogP contribution < -0.4 is 20.5 Å². The molecule has 7 rings (SSSR count). The predicted octanol–water partition coefficient (Wildman–Crippen LogP) is 5.25. The van der Waals surface area contributed by atoms with Crippen molar-refractivity contribution in [1.29, 1.82) is 0 Å². The highest BCUT2D eigenvalue weighted by atomic mass is 19.1. The molecule has 0 radical (unpaired) electrons. The van der Waals surface area contributed by atoms with E-state index in [1.54, 1.807) is 19.2 Å². The minimum absolute atomic E-state index is 0.211. The molecule has 1 aliphatic heterocycles.